The number of aryl methyl sites for hydroxylation is 1. The van der Waals surface area contributed by atoms with E-state index in [4.69, 9.17) is 18.9 Å². The van der Waals surface area contributed by atoms with Crippen molar-refractivity contribution in [1.82, 2.24) is 16.0 Å². The number of aliphatic hydroxyl groups is 8. The van der Waals surface area contributed by atoms with Crippen LogP contribution in [0.5, 0.6) is 23.0 Å². The molecule has 0 aromatic heterocycles. The monoisotopic (exact) mass is 795 g/mol. The highest BCUT2D eigenvalue weighted by molar-refractivity contribution is 5.91. The van der Waals surface area contributed by atoms with Crippen molar-refractivity contribution in [1.29, 1.82) is 0 Å². The van der Waals surface area contributed by atoms with Crippen LogP contribution in [0.25, 0.3) is 6.08 Å². The number of carbonyl (C=O) groups is 2. The van der Waals surface area contributed by atoms with Gasteiger partial charge < -0.3 is 86.0 Å². The Labute approximate surface area is 322 Å². The maximum absolute atomic E-state index is 12.3. The summed E-state index contributed by atoms with van der Waals surface area (Å²) >= 11 is 0. The molecular formula is C37H53N3O16. The largest absolute Gasteiger partial charge is 0.504 e. The molecule has 312 valence electrons. The Morgan fingerprint density at radius 1 is 0.661 bits per heavy atom. The fourth-order valence-electron chi connectivity index (χ4n) is 5.86. The fraction of sp³-hybridized carbons (Fsp3) is 0.568. The second-order valence-corrected chi connectivity index (χ2v) is 13.4. The van der Waals surface area contributed by atoms with Crippen LogP contribution in [0.15, 0.2) is 42.5 Å². The highest BCUT2D eigenvalue weighted by atomic mass is 16.7. The van der Waals surface area contributed by atoms with Crippen molar-refractivity contribution in [3.8, 4) is 23.0 Å². The van der Waals surface area contributed by atoms with E-state index < -0.39 is 74.6 Å². The summed E-state index contributed by atoms with van der Waals surface area (Å²) in [5.41, 5.74) is 1.13. The fourth-order valence-corrected chi connectivity index (χ4v) is 5.86. The van der Waals surface area contributed by atoms with Crippen LogP contribution in [0.2, 0.25) is 0 Å². The highest BCUT2D eigenvalue weighted by Crippen LogP contribution is 2.33. The van der Waals surface area contributed by atoms with Crippen molar-refractivity contribution in [2.75, 3.05) is 39.4 Å². The first-order chi connectivity index (χ1) is 26.8. The van der Waals surface area contributed by atoms with Crippen LogP contribution >= 0.6 is 0 Å². The molecule has 13 N–H and O–H groups in total. The molecule has 2 heterocycles. The van der Waals surface area contributed by atoms with Crippen molar-refractivity contribution in [2.24, 2.45) is 0 Å². The Morgan fingerprint density at radius 2 is 1.25 bits per heavy atom. The number of aromatic hydroxyl groups is 2. The molecule has 0 unspecified atom stereocenters. The highest BCUT2D eigenvalue weighted by Gasteiger charge is 2.46. The SMILES string of the molecule is O=C(/C=C/c1ccc(O)c(O[C@@H]2O[C@H](CO)[C@@H](O)[C@H](O)[C@H]2O)c1)NCCCNCCCCNC(=O)CCc1ccc(O[C@@H]2O[C@H](CO)[C@@H](O)[C@H](O)[C@H]2O)c(O)c1. The first kappa shape index (κ1) is 44.6. The normalized spacial score (nSPS) is 27.9. The van der Waals surface area contributed by atoms with Crippen molar-refractivity contribution >= 4 is 17.9 Å². The lowest BCUT2D eigenvalue weighted by Crippen LogP contribution is -2.60. The number of phenols is 2. The molecule has 4 rings (SSSR count). The van der Waals surface area contributed by atoms with Crippen LogP contribution in [0.4, 0.5) is 0 Å². The van der Waals surface area contributed by atoms with Crippen LogP contribution in [0.3, 0.4) is 0 Å². The Kier molecular flexibility index (Phi) is 17.5. The number of unbranched alkanes of at least 4 members (excludes halogenated alkanes) is 1. The number of carbonyl (C=O) groups excluding carboxylic acids is 2. The minimum absolute atomic E-state index is 0.0522. The summed E-state index contributed by atoms with van der Waals surface area (Å²) in [6, 6.07) is 8.69. The van der Waals surface area contributed by atoms with Gasteiger partial charge in [0.05, 0.1) is 13.2 Å². The smallest absolute Gasteiger partial charge is 0.243 e. The summed E-state index contributed by atoms with van der Waals surface area (Å²) < 4.78 is 21.6. The number of aliphatic hydroxyl groups excluding tert-OH is 8. The third kappa shape index (κ3) is 12.7. The molecule has 2 aliphatic rings. The van der Waals surface area contributed by atoms with Gasteiger partial charge in [0.25, 0.3) is 0 Å². The molecule has 2 amide bonds. The second-order valence-electron chi connectivity index (χ2n) is 13.4. The Bertz CT molecular complexity index is 1580. The Hall–Kier alpha value is -4.12. The minimum atomic E-state index is -1.66. The van der Waals surface area contributed by atoms with Crippen molar-refractivity contribution in [3.05, 3.63) is 53.6 Å². The van der Waals surface area contributed by atoms with Gasteiger partial charge in [-0.3, -0.25) is 9.59 Å². The molecule has 19 heteroatoms. The topological polar surface area (TPSA) is 309 Å². The van der Waals surface area contributed by atoms with Crippen molar-refractivity contribution in [3.63, 3.8) is 0 Å². The molecule has 2 aromatic rings. The number of hydrogen-bond acceptors (Lipinski definition) is 17. The first-order valence-corrected chi connectivity index (χ1v) is 18.4. The van der Waals surface area contributed by atoms with Crippen LogP contribution in [-0.4, -0.2) is 164 Å². The van der Waals surface area contributed by atoms with Crippen molar-refractivity contribution in [2.45, 2.75) is 93.5 Å². The zero-order valence-electron chi connectivity index (χ0n) is 30.6. The minimum Gasteiger partial charge on any atom is -0.504 e. The molecule has 10 atom stereocenters. The van der Waals surface area contributed by atoms with E-state index in [1.165, 1.54) is 42.5 Å². The zero-order chi connectivity index (χ0) is 40.8. The summed E-state index contributed by atoms with van der Waals surface area (Å²) in [5, 5.41) is 108. The number of benzene rings is 2. The maximum atomic E-state index is 12.3. The summed E-state index contributed by atoms with van der Waals surface area (Å²) in [4.78, 5) is 24.6. The molecule has 0 bridgehead atoms. The van der Waals surface area contributed by atoms with E-state index in [2.05, 4.69) is 16.0 Å². The van der Waals surface area contributed by atoms with Gasteiger partial charge in [-0.25, -0.2) is 0 Å². The summed E-state index contributed by atoms with van der Waals surface area (Å²) in [5.74, 6) is -1.25. The number of nitrogens with one attached hydrogen (secondary N) is 3. The molecular weight excluding hydrogens is 742 g/mol. The van der Waals surface area contributed by atoms with Gasteiger partial charge in [-0.05, 0) is 80.2 Å². The lowest BCUT2D eigenvalue weighted by Gasteiger charge is -2.39. The molecule has 2 aliphatic heterocycles. The molecule has 19 nitrogen and oxygen atoms in total. The van der Waals surface area contributed by atoms with E-state index in [0.29, 0.717) is 43.6 Å². The number of hydrogen-bond donors (Lipinski definition) is 13. The van der Waals surface area contributed by atoms with Crippen LogP contribution < -0.4 is 25.4 Å². The van der Waals surface area contributed by atoms with Gasteiger partial charge >= 0.3 is 0 Å². The first-order valence-electron chi connectivity index (χ1n) is 18.4. The van der Waals surface area contributed by atoms with Gasteiger partial charge in [0.1, 0.15) is 48.8 Å². The molecule has 2 saturated heterocycles. The van der Waals surface area contributed by atoms with Gasteiger partial charge in [0.15, 0.2) is 23.0 Å². The van der Waals surface area contributed by atoms with Gasteiger partial charge in [-0.2, -0.15) is 0 Å². The average molecular weight is 796 g/mol. The van der Waals surface area contributed by atoms with E-state index in [-0.39, 0.29) is 41.2 Å². The van der Waals surface area contributed by atoms with Gasteiger partial charge in [-0.15, -0.1) is 0 Å². The summed E-state index contributed by atoms with van der Waals surface area (Å²) in [6.07, 6.45) is -9.35. The van der Waals surface area contributed by atoms with E-state index in [1.807, 2.05) is 0 Å². The number of amides is 2. The second kappa shape index (κ2) is 22.0. The standard InChI is InChI=1S/C37H53N3O16/c41-18-26-30(47)32(49)34(51)36(55-26)53-24-9-5-20(16-23(24)44)6-10-28(45)39-14-2-1-12-38-13-3-15-40-29(46)11-7-21-4-8-22(43)25(17-21)54-37-35(52)33(50)31(48)27(19-42)56-37/h4-5,7-9,11,16-17,26-27,30-38,41-44,47-52H,1-3,6,10,12-15,18-19H2,(H,39,45)(H,40,46)/b11-7+/t26-,27-,30-,31-,32+,33+,34-,35-,36-,37-/m1/s1. The molecule has 0 spiro atoms. The quantitative estimate of drug-likeness (QED) is 0.0472. The molecule has 56 heavy (non-hydrogen) atoms. The third-order valence-corrected chi connectivity index (χ3v) is 9.19. The zero-order valence-corrected chi connectivity index (χ0v) is 30.6. The molecule has 2 fully saturated rings. The van der Waals surface area contributed by atoms with E-state index in [9.17, 15) is 60.7 Å². The van der Waals surface area contributed by atoms with Crippen LogP contribution in [0.1, 0.15) is 36.8 Å². The molecule has 0 aliphatic carbocycles. The van der Waals surface area contributed by atoms with E-state index in [1.54, 1.807) is 6.07 Å². The molecule has 0 saturated carbocycles. The lowest BCUT2D eigenvalue weighted by atomic mass is 9.99. The van der Waals surface area contributed by atoms with Crippen LogP contribution in [0, 0.1) is 0 Å². The third-order valence-electron chi connectivity index (χ3n) is 9.19. The Balaban J connectivity index is 1.04. The molecule has 0 radical (unpaired) electrons. The average Bonchev–Trinajstić information content (AvgIpc) is 3.19. The Morgan fingerprint density at radius 3 is 1.88 bits per heavy atom. The van der Waals surface area contributed by atoms with Gasteiger partial charge in [-0.1, -0.05) is 12.1 Å². The molecule has 2 aromatic carbocycles. The number of rotatable bonds is 20. The van der Waals surface area contributed by atoms with Gasteiger partial charge in [0, 0.05) is 25.6 Å². The maximum Gasteiger partial charge on any atom is 0.243 e. The predicted molar refractivity (Wildman–Crippen MR) is 195 cm³/mol. The number of phenolic OH excluding ortho intramolecular Hbond substituents is 2. The number of ether oxygens (including phenoxy) is 4. The van der Waals surface area contributed by atoms with Gasteiger partial charge in [0.2, 0.25) is 24.4 Å². The summed E-state index contributed by atoms with van der Waals surface area (Å²) in [6.45, 7) is 1.03. The predicted octanol–water partition coefficient (Wildman–Crippen LogP) is -2.91. The van der Waals surface area contributed by atoms with Crippen LogP contribution in [-0.2, 0) is 25.5 Å². The van der Waals surface area contributed by atoms with Crippen molar-refractivity contribution < 1.29 is 79.6 Å². The van der Waals surface area contributed by atoms with E-state index >= 15 is 0 Å². The lowest BCUT2D eigenvalue weighted by molar-refractivity contribution is -0.277. The van der Waals surface area contributed by atoms with E-state index in [0.717, 1.165) is 19.4 Å². The summed E-state index contributed by atoms with van der Waals surface area (Å²) in [7, 11) is 0.